The summed E-state index contributed by atoms with van der Waals surface area (Å²) in [5.74, 6) is 0.141. The van der Waals surface area contributed by atoms with Gasteiger partial charge in [-0.15, -0.1) is 5.10 Å². The van der Waals surface area contributed by atoms with Crippen LogP contribution in [0.3, 0.4) is 0 Å². The molecule has 1 aromatic carbocycles. The Labute approximate surface area is 119 Å². The molecule has 2 aromatic rings. The minimum Gasteiger partial charge on any atom is -0.497 e. The highest BCUT2D eigenvalue weighted by molar-refractivity contribution is 6.45. The quantitative estimate of drug-likeness (QED) is 0.394. The number of tetrazole rings is 1. The van der Waals surface area contributed by atoms with Crippen LogP contribution in [-0.2, 0) is 0 Å². The summed E-state index contributed by atoms with van der Waals surface area (Å²) >= 11 is 0. The molecule has 10 heteroatoms. The molecule has 1 heterocycles. The summed E-state index contributed by atoms with van der Waals surface area (Å²) in [4.78, 5) is 0. The van der Waals surface area contributed by atoms with Gasteiger partial charge in [-0.2, -0.15) is 15.0 Å². The molecule has 10 nitrogen and oxygen atoms in total. The van der Waals surface area contributed by atoms with Crippen LogP contribution in [0.1, 0.15) is 0 Å². The molecule has 0 aliphatic carbocycles. The second kappa shape index (κ2) is 6.11. The fourth-order valence-electron chi connectivity index (χ4n) is 1.46. The second-order valence-corrected chi connectivity index (χ2v) is 3.74. The number of nitriles is 1. The van der Waals surface area contributed by atoms with Crippen LogP contribution in [0, 0.1) is 16.7 Å². The first-order valence-electron chi connectivity index (χ1n) is 5.65. The van der Waals surface area contributed by atoms with Gasteiger partial charge in [0.2, 0.25) is 5.71 Å². The highest BCUT2D eigenvalue weighted by Crippen LogP contribution is 2.25. The average Bonchev–Trinajstić information content (AvgIpc) is 3.01. The van der Waals surface area contributed by atoms with Gasteiger partial charge < -0.3 is 10.5 Å². The Hall–Kier alpha value is -3.48. The lowest BCUT2D eigenvalue weighted by atomic mass is 10.2. The van der Waals surface area contributed by atoms with E-state index >= 15 is 0 Å². The average molecular weight is 285 g/mol. The number of nitrogens with two attached hydrogens (primary N) is 1. The lowest BCUT2D eigenvalue weighted by Crippen LogP contribution is -2.22. The topological polar surface area (TPSA) is 151 Å². The first kappa shape index (κ1) is 13.9. The standard InChI is InChI=1S/C11H11N9O/c1-21-7-2-3-10(20-6-15-18-19-20)8(4-7)16-17-9(5-12)11(13)14/h2-4,6,16H,1H3,(H3,13,14)/b17-9+. The van der Waals surface area contributed by atoms with E-state index in [-0.39, 0.29) is 5.71 Å². The predicted molar refractivity (Wildman–Crippen MR) is 74.3 cm³/mol. The van der Waals surface area contributed by atoms with Crippen LogP contribution in [0.4, 0.5) is 5.69 Å². The Morgan fingerprint density at radius 2 is 2.38 bits per heavy atom. The summed E-state index contributed by atoms with van der Waals surface area (Å²) in [5, 5.41) is 30.7. The summed E-state index contributed by atoms with van der Waals surface area (Å²) in [7, 11) is 1.52. The van der Waals surface area contributed by atoms with Crippen molar-refractivity contribution < 1.29 is 4.74 Å². The Morgan fingerprint density at radius 3 is 2.95 bits per heavy atom. The van der Waals surface area contributed by atoms with Gasteiger partial charge in [0.05, 0.1) is 18.5 Å². The highest BCUT2D eigenvalue weighted by Gasteiger charge is 2.09. The van der Waals surface area contributed by atoms with E-state index in [9.17, 15) is 0 Å². The first-order chi connectivity index (χ1) is 10.2. The summed E-state index contributed by atoms with van der Waals surface area (Å²) in [6.07, 6.45) is 1.41. The van der Waals surface area contributed by atoms with E-state index in [0.29, 0.717) is 17.1 Å². The smallest absolute Gasteiger partial charge is 0.201 e. The van der Waals surface area contributed by atoms with Gasteiger partial charge >= 0.3 is 0 Å². The molecule has 0 bridgehead atoms. The molecule has 0 saturated carbocycles. The number of nitrogens with one attached hydrogen (secondary N) is 2. The second-order valence-electron chi connectivity index (χ2n) is 3.74. The van der Waals surface area contributed by atoms with Crippen molar-refractivity contribution in [1.82, 2.24) is 20.2 Å². The third-order valence-corrected chi connectivity index (χ3v) is 2.45. The SMILES string of the molecule is COc1ccc(-n2cnnn2)c(N/N=C(\C#N)C(=N)N)c1. The molecule has 0 aliphatic heterocycles. The maximum atomic E-state index is 8.82. The zero-order valence-corrected chi connectivity index (χ0v) is 11.0. The third kappa shape index (κ3) is 3.10. The van der Waals surface area contributed by atoms with Crippen molar-refractivity contribution in [1.29, 1.82) is 10.7 Å². The molecule has 0 aliphatic rings. The van der Waals surface area contributed by atoms with Crippen LogP contribution in [0.2, 0.25) is 0 Å². The van der Waals surface area contributed by atoms with Gasteiger partial charge in [0.15, 0.2) is 5.84 Å². The molecular formula is C11H11N9O. The molecule has 2 rings (SSSR count). The Kier molecular flexibility index (Phi) is 4.06. The van der Waals surface area contributed by atoms with Crippen LogP contribution in [0.25, 0.3) is 5.69 Å². The van der Waals surface area contributed by atoms with E-state index in [1.165, 1.54) is 18.1 Å². The van der Waals surface area contributed by atoms with Crippen LogP contribution in [0.5, 0.6) is 5.75 Å². The number of methoxy groups -OCH3 is 1. The van der Waals surface area contributed by atoms with E-state index in [1.54, 1.807) is 24.3 Å². The predicted octanol–water partition coefficient (Wildman–Crippen LogP) is -0.102. The van der Waals surface area contributed by atoms with Crippen molar-refractivity contribution >= 4 is 17.2 Å². The van der Waals surface area contributed by atoms with E-state index in [0.717, 1.165) is 0 Å². The summed E-state index contributed by atoms with van der Waals surface area (Å²) < 4.78 is 6.54. The van der Waals surface area contributed by atoms with Gasteiger partial charge in [-0.3, -0.25) is 10.8 Å². The van der Waals surface area contributed by atoms with Crippen molar-refractivity contribution in [3.63, 3.8) is 0 Å². The normalized spacial score (nSPS) is 10.8. The van der Waals surface area contributed by atoms with Crippen LogP contribution < -0.4 is 15.9 Å². The summed E-state index contributed by atoms with van der Waals surface area (Å²) in [6.45, 7) is 0. The number of amidine groups is 1. The van der Waals surface area contributed by atoms with Gasteiger partial charge in [0.25, 0.3) is 0 Å². The molecule has 0 fully saturated rings. The van der Waals surface area contributed by atoms with Crippen molar-refractivity contribution in [2.24, 2.45) is 10.8 Å². The van der Waals surface area contributed by atoms with Gasteiger partial charge in [0.1, 0.15) is 18.1 Å². The van der Waals surface area contributed by atoms with Gasteiger partial charge in [-0.25, -0.2) is 0 Å². The zero-order valence-electron chi connectivity index (χ0n) is 11.0. The van der Waals surface area contributed by atoms with Crippen LogP contribution in [-0.4, -0.2) is 38.9 Å². The maximum absolute atomic E-state index is 8.82. The first-order valence-corrected chi connectivity index (χ1v) is 5.65. The van der Waals surface area contributed by atoms with E-state index < -0.39 is 5.84 Å². The molecule has 0 unspecified atom stereocenters. The highest BCUT2D eigenvalue weighted by atomic mass is 16.5. The van der Waals surface area contributed by atoms with Gasteiger partial charge in [-0.05, 0) is 22.6 Å². The Balaban J connectivity index is 2.41. The van der Waals surface area contributed by atoms with Crippen molar-refractivity contribution in [2.75, 3.05) is 12.5 Å². The number of rotatable bonds is 5. The largest absolute Gasteiger partial charge is 0.497 e. The van der Waals surface area contributed by atoms with Crippen LogP contribution >= 0.6 is 0 Å². The van der Waals surface area contributed by atoms with Gasteiger partial charge in [-0.1, -0.05) is 0 Å². The fraction of sp³-hybridized carbons (Fsp3) is 0.0909. The monoisotopic (exact) mass is 285 g/mol. The van der Waals surface area contributed by atoms with Crippen molar-refractivity contribution in [2.45, 2.75) is 0 Å². The molecule has 106 valence electrons. The zero-order chi connectivity index (χ0) is 15.2. The molecule has 0 atom stereocenters. The number of anilines is 1. The summed E-state index contributed by atoms with van der Waals surface area (Å²) in [6, 6.07) is 6.80. The number of nitrogens with zero attached hydrogens (tertiary/aromatic N) is 6. The molecule has 21 heavy (non-hydrogen) atoms. The fourth-order valence-corrected chi connectivity index (χ4v) is 1.46. The van der Waals surface area contributed by atoms with Crippen LogP contribution in [0.15, 0.2) is 29.6 Å². The molecule has 0 amide bonds. The lowest BCUT2D eigenvalue weighted by Gasteiger charge is -2.10. The molecule has 0 spiro atoms. The van der Waals surface area contributed by atoms with Crippen molar-refractivity contribution in [3.05, 3.63) is 24.5 Å². The Bertz CT molecular complexity index is 714. The number of benzene rings is 1. The summed E-state index contributed by atoms with van der Waals surface area (Å²) in [5.41, 5.74) is 8.72. The molecule has 0 radical (unpaired) electrons. The molecule has 0 saturated heterocycles. The number of hydrogen-bond donors (Lipinski definition) is 3. The van der Waals surface area contributed by atoms with Crippen molar-refractivity contribution in [3.8, 4) is 17.5 Å². The number of hydrazone groups is 1. The lowest BCUT2D eigenvalue weighted by molar-refractivity contribution is 0.415. The Morgan fingerprint density at radius 1 is 1.57 bits per heavy atom. The number of ether oxygens (including phenoxy) is 1. The minimum absolute atomic E-state index is 0.236. The van der Waals surface area contributed by atoms with E-state index in [1.807, 2.05) is 0 Å². The minimum atomic E-state index is -0.433. The van der Waals surface area contributed by atoms with Gasteiger partial charge in [0, 0.05) is 6.07 Å². The number of aromatic nitrogens is 4. The molecular weight excluding hydrogens is 274 g/mol. The number of hydrogen-bond acceptors (Lipinski definition) is 8. The van der Waals surface area contributed by atoms with E-state index in [4.69, 9.17) is 21.1 Å². The third-order valence-electron chi connectivity index (χ3n) is 2.45. The van der Waals surface area contributed by atoms with E-state index in [2.05, 4.69) is 26.1 Å². The molecule has 4 N–H and O–H groups in total. The maximum Gasteiger partial charge on any atom is 0.201 e. The molecule has 1 aromatic heterocycles.